The van der Waals surface area contributed by atoms with Crippen molar-refractivity contribution in [1.29, 1.82) is 0 Å². The molecule has 0 saturated heterocycles. The van der Waals surface area contributed by atoms with Gasteiger partial charge in [0.1, 0.15) is 34.2 Å². The van der Waals surface area contributed by atoms with Crippen molar-refractivity contribution >= 4 is 0 Å². The molecule has 0 aromatic carbocycles. The van der Waals surface area contributed by atoms with Gasteiger partial charge in [0.05, 0.1) is 34.2 Å². The topological polar surface area (TPSA) is 155 Å². The van der Waals surface area contributed by atoms with Crippen LogP contribution in [0.1, 0.15) is 33.4 Å². The van der Waals surface area contributed by atoms with E-state index >= 15 is 0 Å². The summed E-state index contributed by atoms with van der Waals surface area (Å²) in [4.78, 5) is 28.8. The monoisotopic (exact) mass is 780 g/mol. The SMILES string of the molecule is c1ccc(-c2nnc(-c3ccccn3)c3c2CCc2c(-c4ccccn4)nnc(-c4ccccn4)c2CCc2c(-c4ccccn4)nnc(-c4ccccn4)c2CC3)nc1. The Bertz CT molecular complexity index is 2380. The van der Waals surface area contributed by atoms with E-state index in [1.165, 1.54) is 0 Å². The van der Waals surface area contributed by atoms with Crippen LogP contribution in [0.15, 0.2) is 146 Å². The second-order valence-corrected chi connectivity index (χ2v) is 14.4. The molecule has 9 heterocycles. The van der Waals surface area contributed by atoms with Crippen LogP contribution in [0.4, 0.5) is 0 Å². The van der Waals surface area contributed by atoms with Crippen molar-refractivity contribution in [1.82, 2.24) is 60.5 Å². The number of nitrogens with zero attached hydrogens (tertiary/aromatic N) is 12. The van der Waals surface area contributed by atoms with Gasteiger partial charge < -0.3 is 0 Å². The molecule has 60 heavy (non-hydrogen) atoms. The molecule has 0 saturated carbocycles. The Kier molecular flexibility index (Phi) is 10.1. The highest BCUT2D eigenvalue weighted by molar-refractivity contribution is 5.73. The Morgan fingerprint density at radius 2 is 0.383 bits per heavy atom. The molecule has 9 aromatic heterocycles. The predicted molar refractivity (Wildman–Crippen MR) is 228 cm³/mol. The molecule has 0 unspecified atom stereocenters. The number of hydrogen-bond donors (Lipinski definition) is 0. The Morgan fingerprint density at radius 3 is 0.517 bits per heavy atom. The van der Waals surface area contributed by atoms with Crippen molar-refractivity contribution in [2.75, 3.05) is 0 Å². The molecule has 0 N–H and O–H groups in total. The van der Waals surface area contributed by atoms with Gasteiger partial charge in [-0.25, -0.2) is 0 Å². The first kappa shape index (κ1) is 36.5. The van der Waals surface area contributed by atoms with Crippen LogP contribution in [0.2, 0.25) is 0 Å². The van der Waals surface area contributed by atoms with Crippen LogP contribution in [0.25, 0.3) is 68.3 Å². The molecular weight excluding hydrogens is 745 g/mol. The van der Waals surface area contributed by atoms with Crippen molar-refractivity contribution in [3.05, 3.63) is 180 Å². The standard InChI is InChI=1S/C48H36N12/c1-7-25-49-37(13-1)43-31-19-20-33-35(47(41-17-5-11-29-53-41)59-57-45(33)39-15-3-9-27-51-39)23-24-36-34(22-21-32(31)44(56-55-43)38-14-2-8-26-50-38)46(40-16-4-10-28-52-40)58-60-48(36)42-18-6-12-30-54-42/h1-18,25-30H,19-24H2. The maximum absolute atomic E-state index is 4.93. The van der Waals surface area contributed by atoms with E-state index in [0.29, 0.717) is 38.5 Å². The van der Waals surface area contributed by atoms with Gasteiger partial charge in [-0.15, -0.1) is 30.6 Å². The normalized spacial score (nSPS) is 12.6. The Labute approximate surface area is 346 Å². The zero-order valence-electron chi connectivity index (χ0n) is 32.5. The third-order valence-electron chi connectivity index (χ3n) is 10.9. The van der Waals surface area contributed by atoms with E-state index in [0.717, 1.165) is 102 Å². The molecule has 1 aliphatic carbocycles. The lowest BCUT2D eigenvalue weighted by Gasteiger charge is -2.23. The molecule has 0 atom stereocenters. The second-order valence-electron chi connectivity index (χ2n) is 14.4. The summed E-state index contributed by atoms with van der Waals surface area (Å²) in [7, 11) is 0. The molecular formula is C48H36N12. The van der Waals surface area contributed by atoms with Crippen molar-refractivity contribution in [2.45, 2.75) is 38.5 Å². The Balaban J connectivity index is 1.29. The summed E-state index contributed by atoms with van der Waals surface area (Å²) in [6.45, 7) is 0. The minimum atomic E-state index is 0.602. The van der Waals surface area contributed by atoms with Crippen LogP contribution in [-0.4, -0.2) is 60.5 Å². The third kappa shape index (κ3) is 7.15. The van der Waals surface area contributed by atoms with Gasteiger partial charge in [0.2, 0.25) is 0 Å². The lowest BCUT2D eigenvalue weighted by atomic mass is 9.84. The molecule has 0 amide bonds. The molecule has 0 fully saturated rings. The van der Waals surface area contributed by atoms with E-state index in [1.54, 1.807) is 37.2 Å². The van der Waals surface area contributed by atoms with Crippen LogP contribution in [-0.2, 0) is 38.5 Å². The van der Waals surface area contributed by atoms with Crippen LogP contribution in [0, 0.1) is 0 Å². The summed E-state index contributed by atoms with van der Waals surface area (Å²) in [6, 6.07) is 35.3. The highest BCUT2D eigenvalue weighted by Gasteiger charge is 2.28. The fraction of sp³-hybridized carbons (Fsp3) is 0.125. The highest BCUT2D eigenvalue weighted by atomic mass is 15.1. The van der Waals surface area contributed by atoms with Gasteiger partial charge >= 0.3 is 0 Å². The summed E-state index contributed by atoms with van der Waals surface area (Å²) in [5, 5.41) is 29.6. The first-order chi connectivity index (χ1) is 29.8. The van der Waals surface area contributed by atoms with E-state index in [4.69, 9.17) is 60.5 Å². The zero-order valence-corrected chi connectivity index (χ0v) is 32.5. The quantitative estimate of drug-likeness (QED) is 0.160. The van der Waals surface area contributed by atoms with Gasteiger partial charge in [0, 0.05) is 37.2 Å². The molecule has 0 radical (unpaired) electrons. The lowest BCUT2D eigenvalue weighted by Crippen LogP contribution is -2.16. The van der Waals surface area contributed by atoms with Crippen LogP contribution >= 0.6 is 0 Å². The smallest absolute Gasteiger partial charge is 0.115 e. The average Bonchev–Trinajstić information content (AvgIpc) is 3.33. The molecule has 12 nitrogen and oxygen atoms in total. The van der Waals surface area contributed by atoms with E-state index in [2.05, 4.69) is 0 Å². The molecule has 1 aliphatic rings. The van der Waals surface area contributed by atoms with E-state index in [-0.39, 0.29) is 0 Å². The molecule has 288 valence electrons. The number of pyridine rings is 6. The summed E-state index contributed by atoms with van der Waals surface area (Å²) in [5.74, 6) is 0. The summed E-state index contributed by atoms with van der Waals surface area (Å²) in [6.07, 6.45) is 14.4. The van der Waals surface area contributed by atoms with Gasteiger partial charge in [-0.3, -0.25) is 29.9 Å². The van der Waals surface area contributed by atoms with Crippen LogP contribution in [0.5, 0.6) is 0 Å². The van der Waals surface area contributed by atoms with Crippen molar-refractivity contribution in [2.24, 2.45) is 0 Å². The van der Waals surface area contributed by atoms with Crippen molar-refractivity contribution in [3.8, 4) is 68.3 Å². The lowest BCUT2D eigenvalue weighted by molar-refractivity contribution is 0.800. The fourth-order valence-corrected chi connectivity index (χ4v) is 8.14. The number of fused-ring (bicyclic) bond motifs is 3. The highest BCUT2D eigenvalue weighted by Crippen LogP contribution is 2.38. The van der Waals surface area contributed by atoms with Gasteiger partial charge in [-0.05, 0) is 145 Å². The Morgan fingerprint density at radius 1 is 0.217 bits per heavy atom. The average molecular weight is 781 g/mol. The first-order valence-corrected chi connectivity index (χ1v) is 19.9. The second kappa shape index (κ2) is 16.5. The van der Waals surface area contributed by atoms with Crippen LogP contribution in [0.3, 0.4) is 0 Å². The van der Waals surface area contributed by atoms with Gasteiger partial charge in [0.15, 0.2) is 0 Å². The molecule has 0 spiro atoms. The number of aromatic nitrogens is 12. The van der Waals surface area contributed by atoms with Crippen molar-refractivity contribution in [3.63, 3.8) is 0 Å². The summed E-state index contributed by atoms with van der Waals surface area (Å²) in [5.41, 5.74) is 15.0. The largest absolute Gasteiger partial charge is 0.255 e. The maximum atomic E-state index is 4.93. The third-order valence-corrected chi connectivity index (χ3v) is 10.9. The first-order valence-electron chi connectivity index (χ1n) is 19.9. The summed E-state index contributed by atoms with van der Waals surface area (Å²) < 4.78 is 0. The fourth-order valence-electron chi connectivity index (χ4n) is 8.14. The molecule has 12 heteroatoms. The minimum Gasteiger partial charge on any atom is -0.255 e. The molecule has 9 aromatic rings. The zero-order chi connectivity index (χ0) is 40.1. The number of hydrogen-bond acceptors (Lipinski definition) is 12. The molecule has 0 aliphatic heterocycles. The maximum Gasteiger partial charge on any atom is 0.115 e. The Hall–Kier alpha value is -7.86. The minimum absolute atomic E-state index is 0.602. The van der Waals surface area contributed by atoms with E-state index < -0.39 is 0 Å². The van der Waals surface area contributed by atoms with Crippen molar-refractivity contribution < 1.29 is 0 Å². The van der Waals surface area contributed by atoms with E-state index in [9.17, 15) is 0 Å². The number of rotatable bonds is 6. The van der Waals surface area contributed by atoms with Crippen LogP contribution < -0.4 is 0 Å². The van der Waals surface area contributed by atoms with E-state index in [1.807, 2.05) is 109 Å². The summed E-state index contributed by atoms with van der Waals surface area (Å²) >= 11 is 0. The molecule has 0 bridgehead atoms. The van der Waals surface area contributed by atoms with Gasteiger partial charge in [-0.1, -0.05) is 36.4 Å². The van der Waals surface area contributed by atoms with Gasteiger partial charge in [0.25, 0.3) is 0 Å². The van der Waals surface area contributed by atoms with Gasteiger partial charge in [-0.2, -0.15) is 0 Å². The molecule has 10 rings (SSSR count). The predicted octanol–water partition coefficient (Wildman–Crippen LogP) is 8.10.